The highest BCUT2D eigenvalue weighted by Crippen LogP contribution is 2.43. The molecule has 2 heterocycles. The Morgan fingerprint density at radius 3 is 2.91 bits per heavy atom. The molecule has 2 aliphatic heterocycles. The van der Waals surface area contributed by atoms with E-state index in [-0.39, 0.29) is 5.75 Å². The number of likely N-dealkylation sites (N-methyl/N-ethyl adjacent to an activating group) is 1. The molecule has 0 amide bonds. The first kappa shape index (κ1) is 15.4. The van der Waals surface area contributed by atoms with Gasteiger partial charge < -0.3 is 10.0 Å². The monoisotopic (exact) mass is 345 g/mol. The third kappa shape index (κ3) is 2.75. The maximum absolute atomic E-state index is 10.1. The zero-order valence-electron chi connectivity index (χ0n) is 13.2. The molecule has 2 nitrogen and oxygen atoms in total. The van der Waals surface area contributed by atoms with Crippen molar-refractivity contribution in [1.29, 1.82) is 0 Å². The summed E-state index contributed by atoms with van der Waals surface area (Å²) in [5, 5.41) is 10.6. The third-order valence-corrected chi connectivity index (χ3v) is 6.46. The number of rotatable bonds is 1. The van der Waals surface area contributed by atoms with E-state index in [0.717, 1.165) is 25.9 Å². The molecule has 0 spiro atoms. The summed E-state index contributed by atoms with van der Waals surface area (Å²) in [6.07, 6.45) is 2.14. The van der Waals surface area contributed by atoms with E-state index in [2.05, 4.69) is 30.1 Å². The molecule has 0 aliphatic carbocycles. The van der Waals surface area contributed by atoms with Crippen molar-refractivity contribution in [2.24, 2.45) is 0 Å². The van der Waals surface area contributed by atoms with Crippen LogP contribution in [0, 0.1) is 0 Å². The standard InChI is InChI=1S/C19H20ClNOS/c1-21-7-5-13-9-17(20)18(22)10-15(13)16(11-21)14-4-2-3-12-6-8-23-19(12)14/h2-4,9-10,16,22H,5-8,11H2,1H3. The van der Waals surface area contributed by atoms with E-state index in [9.17, 15) is 5.11 Å². The number of fused-ring (bicyclic) bond motifs is 2. The Morgan fingerprint density at radius 1 is 1.17 bits per heavy atom. The van der Waals surface area contributed by atoms with Gasteiger partial charge in [-0.05, 0) is 54.3 Å². The molecule has 2 aromatic rings. The molecule has 1 N–H and O–H groups in total. The predicted octanol–water partition coefficient (Wildman–Crippen LogP) is 4.31. The Labute approximate surface area is 146 Å². The lowest BCUT2D eigenvalue weighted by Crippen LogP contribution is -2.24. The summed E-state index contributed by atoms with van der Waals surface area (Å²) in [7, 11) is 2.18. The molecule has 4 rings (SSSR count). The first-order valence-electron chi connectivity index (χ1n) is 8.08. The minimum Gasteiger partial charge on any atom is -0.506 e. The summed E-state index contributed by atoms with van der Waals surface area (Å²) in [5.74, 6) is 1.66. The van der Waals surface area contributed by atoms with Gasteiger partial charge in [-0.2, -0.15) is 0 Å². The molecule has 0 radical (unpaired) electrons. The van der Waals surface area contributed by atoms with Gasteiger partial charge in [-0.1, -0.05) is 29.8 Å². The maximum atomic E-state index is 10.1. The van der Waals surface area contributed by atoms with Gasteiger partial charge in [0, 0.05) is 29.7 Å². The van der Waals surface area contributed by atoms with Crippen molar-refractivity contribution in [3.63, 3.8) is 0 Å². The molecule has 23 heavy (non-hydrogen) atoms. The van der Waals surface area contributed by atoms with Crippen LogP contribution in [0.1, 0.15) is 28.2 Å². The van der Waals surface area contributed by atoms with Crippen LogP contribution in [0.25, 0.3) is 0 Å². The molecular formula is C19H20ClNOS. The van der Waals surface area contributed by atoms with Crippen LogP contribution in [-0.4, -0.2) is 35.9 Å². The highest BCUT2D eigenvalue weighted by molar-refractivity contribution is 7.99. The number of benzene rings is 2. The summed E-state index contributed by atoms with van der Waals surface area (Å²) < 4.78 is 0. The summed E-state index contributed by atoms with van der Waals surface area (Å²) in [5.41, 5.74) is 5.38. The number of thioether (sulfide) groups is 1. The van der Waals surface area contributed by atoms with Crippen molar-refractivity contribution in [2.45, 2.75) is 23.7 Å². The van der Waals surface area contributed by atoms with Crippen LogP contribution in [-0.2, 0) is 12.8 Å². The van der Waals surface area contributed by atoms with Gasteiger partial charge in [0.1, 0.15) is 5.75 Å². The van der Waals surface area contributed by atoms with E-state index in [4.69, 9.17) is 11.6 Å². The molecule has 1 unspecified atom stereocenters. The quantitative estimate of drug-likeness (QED) is 0.833. The molecule has 2 aromatic carbocycles. The molecule has 0 saturated carbocycles. The van der Waals surface area contributed by atoms with E-state index in [1.165, 1.54) is 32.9 Å². The number of aryl methyl sites for hydroxylation is 1. The van der Waals surface area contributed by atoms with E-state index >= 15 is 0 Å². The average molecular weight is 346 g/mol. The first-order chi connectivity index (χ1) is 11.1. The normalized spacial score (nSPS) is 20.9. The van der Waals surface area contributed by atoms with Gasteiger partial charge in [-0.3, -0.25) is 0 Å². The number of phenolic OH excluding ortho intramolecular Hbond substituents is 1. The fourth-order valence-electron chi connectivity index (χ4n) is 3.75. The number of hydrogen-bond donors (Lipinski definition) is 1. The van der Waals surface area contributed by atoms with Crippen LogP contribution in [0.4, 0.5) is 0 Å². The first-order valence-corrected chi connectivity index (χ1v) is 9.44. The molecule has 0 saturated heterocycles. The molecule has 4 heteroatoms. The van der Waals surface area contributed by atoms with Crippen LogP contribution < -0.4 is 0 Å². The maximum Gasteiger partial charge on any atom is 0.134 e. The Hall–Kier alpha value is -1.16. The largest absolute Gasteiger partial charge is 0.506 e. The summed E-state index contributed by atoms with van der Waals surface area (Å²) in [6, 6.07) is 10.5. The van der Waals surface area contributed by atoms with Crippen molar-refractivity contribution in [3.8, 4) is 5.75 Å². The molecule has 0 bridgehead atoms. The third-order valence-electron chi connectivity index (χ3n) is 4.96. The number of aromatic hydroxyl groups is 1. The Morgan fingerprint density at radius 2 is 2.04 bits per heavy atom. The molecular weight excluding hydrogens is 326 g/mol. The second-order valence-corrected chi connectivity index (χ2v) is 8.01. The van der Waals surface area contributed by atoms with E-state index in [0.29, 0.717) is 10.9 Å². The van der Waals surface area contributed by atoms with Gasteiger partial charge in [0.25, 0.3) is 0 Å². The minimum atomic E-state index is 0.195. The van der Waals surface area contributed by atoms with Crippen LogP contribution in [0.15, 0.2) is 35.2 Å². The number of hydrogen-bond acceptors (Lipinski definition) is 3. The summed E-state index contributed by atoms with van der Waals surface area (Å²) in [4.78, 5) is 3.84. The van der Waals surface area contributed by atoms with Gasteiger partial charge in [-0.25, -0.2) is 0 Å². The van der Waals surface area contributed by atoms with Gasteiger partial charge in [0.2, 0.25) is 0 Å². The van der Waals surface area contributed by atoms with E-state index in [1.807, 2.05) is 23.9 Å². The molecule has 1 atom stereocenters. The Balaban J connectivity index is 1.88. The number of halogens is 1. The minimum absolute atomic E-state index is 0.195. The number of nitrogens with zero attached hydrogens (tertiary/aromatic N) is 1. The van der Waals surface area contributed by atoms with Gasteiger partial charge in [-0.15, -0.1) is 11.8 Å². The topological polar surface area (TPSA) is 23.5 Å². The van der Waals surface area contributed by atoms with Crippen molar-refractivity contribution < 1.29 is 5.11 Å². The Kier molecular flexibility index (Phi) is 4.04. The molecule has 0 aromatic heterocycles. The lowest BCUT2D eigenvalue weighted by atomic mass is 9.87. The highest BCUT2D eigenvalue weighted by Gasteiger charge is 2.28. The number of phenols is 1. The van der Waals surface area contributed by atoms with Crippen molar-refractivity contribution in [3.05, 3.63) is 57.6 Å². The molecule has 0 fully saturated rings. The fourth-order valence-corrected chi connectivity index (χ4v) is 5.20. The van der Waals surface area contributed by atoms with Crippen molar-refractivity contribution >= 4 is 23.4 Å². The summed E-state index contributed by atoms with van der Waals surface area (Å²) >= 11 is 8.13. The zero-order valence-corrected chi connectivity index (χ0v) is 14.8. The second-order valence-electron chi connectivity index (χ2n) is 6.50. The predicted molar refractivity (Wildman–Crippen MR) is 97.0 cm³/mol. The molecule has 2 aliphatic rings. The van der Waals surface area contributed by atoms with Crippen LogP contribution in [0.3, 0.4) is 0 Å². The van der Waals surface area contributed by atoms with Crippen LogP contribution in [0.2, 0.25) is 5.02 Å². The van der Waals surface area contributed by atoms with Crippen molar-refractivity contribution in [1.82, 2.24) is 4.90 Å². The SMILES string of the molecule is CN1CCc2cc(Cl)c(O)cc2C(c2cccc3c2SCC3)C1. The van der Waals surface area contributed by atoms with Crippen LogP contribution in [0.5, 0.6) is 5.75 Å². The smallest absolute Gasteiger partial charge is 0.134 e. The van der Waals surface area contributed by atoms with Crippen LogP contribution >= 0.6 is 23.4 Å². The highest BCUT2D eigenvalue weighted by atomic mass is 35.5. The average Bonchev–Trinajstić information content (AvgIpc) is 2.96. The second kappa shape index (κ2) is 6.04. The van der Waals surface area contributed by atoms with E-state index < -0.39 is 0 Å². The van der Waals surface area contributed by atoms with Gasteiger partial charge in [0.15, 0.2) is 0 Å². The van der Waals surface area contributed by atoms with E-state index in [1.54, 1.807) is 0 Å². The van der Waals surface area contributed by atoms with Gasteiger partial charge >= 0.3 is 0 Å². The van der Waals surface area contributed by atoms with Gasteiger partial charge in [0.05, 0.1) is 5.02 Å². The zero-order chi connectivity index (χ0) is 16.0. The molecule has 120 valence electrons. The Bertz CT molecular complexity index is 761. The lowest BCUT2D eigenvalue weighted by molar-refractivity contribution is 0.337. The van der Waals surface area contributed by atoms with Crippen molar-refractivity contribution in [2.75, 3.05) is 25.9 Å². The summed E-state index contributed by atoms with van der Waals surface area (Å²) in [6.45, 7) is 2.00. The fraction of sp³-hybridized carbons (Fsp3) is 0.368. The lowest BCUT2D eigenvalue weighted by Gasteiger charge is -2.24.